The molecule has 0 radical (unpaired) electrons. The van der Waals surface area contributed by atoms with Crippen molar-refractivity contribution in [3.63, 3.8) is 0 Å². The van der Waals surface area contributed by atoms with Crippen molar-refractivity contribution in [1.29, 1.82) is 0 Å². The minimum Gasteiger partial charge on any atom is -0.362 e. The number of benzene rings is 8. The number of aldehydes is 1. The molecule has 0 unspecified atom stereocenters. The molecule has 58 heavy (non-hydrogen) atoms. The van der Waals surface area contributed by atoms with Crippen LogP contribution in [0.25, 0.3) is 49.7 Å². The standard InChI is InChI=1S/C54H39N3O/c58-35-41-18-13-31-55(41)38-26-29-52-46(32-38)47-33-39(27-30-53(47)57(52)37-16-5-2-6-17-37)56(36-14-3-1-4-15-36)40-25-28-45-44-21-9-12-24-50(44)54(51(45)34-40)48-22-10-7-19-42(48)43-20-8-11-23-49(43)54/h1-12,14-17,19-30,32-35,41H,13,18,31H2/t41-/m0/s1. The lowest BCUT2D eigenvalue weighted by molar-refractivity contribution is -0.108. The van der Waals surface area contributed by atoms with Gasteiger partial charge in [-0.25, -0.2) is 0 Å². The van der Waals surface area contributed by atoms with Gasteiger partial charge >= 0.3 is 0 Å². The fraction of sp³-hybridized carbons (Fsp3) is 0.0926. The summed E-state index contributed by atoms with van der Waals surface area (Å²) in [4.78, 5) is 16.8. The van der Waals surface area contributed by atoms with Crippen molar-refractivity contribution in [2.24, 2.45) is 0 Å². The van der Waals surface area contributed by atoms with Crippen molar-refractivity contribution < 1.29 is 4.79 Å². The molecule has 9 aromatic rings. The van der Waals surface area contributed by atoms with Crippen LogP contribution < -0.4 is 9.80 Å². The molecule has 1 saturated heterocycles. The van der Waals surface area contributed by atoms with Gasteiger partial charge in [0.05, 0.1) is 22.5 Å². The van der Waals surface area contributed by atoms with Gasteiger partial charge in [0.25, 0.3) is 0 Å². The van der Waals surface area contributed by atoms with Gasteiger partial charge in [-0.05, 0) is 130 Å². The van der Waals surface area contributed by atoms with Gasteiger partial charge in [-0.3, -0.25) is 0 Å². The molecule has 0 N–H and O–H groups in total. The van der Waals surface area contributed by atoms with E-state index in [-0.39, 0.29) is 6.04 Å². The summed E-state index contributed by atoms with van der Waals surface area (Å²) < 4.78 is 2.37. The first-order valence-corrected chi connectivity index (χ1v) is 20.4. The van der Waals surface area contributed by atoms with E-state index in [1.165, 1.54) is 55.3 Å². The summed E-state index contributed by atoms with van der Waals surface area (Å²) in [5.41, 5.74) is 17.9. The third-order valence-corrected chi connectivity index (χ3v) is 13.0. The average molecular weight is 746 g/mol. The molecule has 1 fully saturated rings. The predicted molar refractivity (Wildman–Crippen MR) is 238 cm³/mol. The molecule has 0 bridgehead atoms. The monoisotopic (exact) mass is 745 g/mol. The van der Waals surface area contributed by atoms with Crippen LogP contribution in [0.4, 0.5) is 22.7 Å². The van der Waals surface area contributed by atoms with Gasteiger partial charge in [-0.1, -0.05) is 115 Å². The van der Waals surface area contributed by atoms with Crippen LogP contribution in [0.15, 0.2) is 188 Å². The van der Waals surface area contributed by atoms with E-state index in [1.807, 2.05) is 0 Å². The first kappa shape index (κ1) is 33.0. The fourth-order valence-electron chi connectivity index (χ4n) is 10.7. The number of nitrogens with zero attached hydrogens (tertiary/aromatic N) is 3. The fourth-order valence-corrected chi connectivity index (χ4v) is 10.7. The molecule has 1 atom stereocenters. The molecule has 2 aliphatic carbocycles. The molecular formula is C54H39N3O. The van der Waals surface area contributed by atoms with E-state index >= 15 is 0 Å². The molecule has 1 aliphatic heterocycles. The van der Waals surface area contributed by atoms with Crippen LogP contribution in [-0.4, -0.2) is 23.4 Å². The zero-order valence-electron chi connectivity index (χ0n) is 31.9. The maximum atomic E-state index is 12.1. The molecule has 1 aromatic heterocycles. The Morgan fingerprint density at radius 3 is 1.67 bits per heavy atom. The number of rotatable bonds is 6. The van der Waals surface area contributed by atoms with Gasteiger partial charge in [0.1, 0.15) is 6.29 Å². The lowest BCUT2D eigenvalue weighted by Crippen LogP contribution is -2.30. The van der Waals surface area contributed by atoms with Crippen LogP contribution in [0.3, 0.4) is 0 Å². The number of para-hydroxylation sites is 2. The Balaban J connectivity index is 1.10. The van der Waals surface area contributed by atoms with Crippen molar-refractivity contribution in [1.82, 2.24) is 4.57 Å². The molecule has 3 aliphatic rings. The van der Waals surface area contributed by atoms with Gasteiger partial charge < -0.3 is 19.2 Å². The molecular weight excluding hydrogens is 707 g/mol. The predicted octanol–water partition coefficient (Wildman–Crippen LogP) is 12.8. The van der Waals surface area contributed by atoms with Gasteiger partial charge in [-0.15, -0.1) is 0 Å². The Labute approximate surface area is 337 Å². The van der Waals surface area contributed by atoms with Crippen molar-refractivity contribution in [3.8, 4) is 27.9 Å². The first-order chi connectivity index (χ1) is 28.7. The lowest BCUT2D eigenvalue weighted by atomic mass is 9.70. The second-order valence-corrected chi connectivity index (χ2v) is 15.9. The molecule has 12 rings (SSSR count). The van der Waals surface area contributed by atoms with Crippen LogP contribution >= 0.6 is 0 Å². The number of carbonyl (C=O) groups is 1. The van der Waals surface area contributed by atoms with E-state index in [4.69, 9.17) is 0 Å². The Hall–Kier alpha value is -7.17. The molecule has 4 nitrogen and oxygen atoms in total. The summed E-state index contributed by atoms with van der Waals surface area (Å²) in [5.74, 6) is 0. The highest BCUT2D eigenvalue weighted by atomic mass is 16.1. The largest absolute Gasteiger partial charge is 0.362 e. The molecule has 1 spiro atoms. The van der Waals surface area contributed by atoms with Crippen LogP contribution in [0, 0.1) is 0 Å². The summed E-state index contributed by atoms with van der Waals surface area (Å²) >= 11 is 0. The number of fused-ring (bicyclic) bond motifs is 13. The summed E-state index contributed by atoms with van der Waals surface area (Å²) in [6, 6.07) is 69.1. The number of hydrogen-bond acceptors (Lipinski definition) is 3. The van der Waals surface area contributed by atoms with E-state index in [2.05, 4.69) is 202 Å². The van der Waals surface area contributed by atoms with Crippen LogP contribution in [-0.2, 0) is 10.2 Å². The molecule has 0 amide bonds. The van der Waals surface area contributed by atoms with Gasteiger partial charge in [0.15, 0.2) is 0 Å². The van der Waals surface area contributed by atoms with Crippen LogP contribution in [0.1, 0.15) is 35.1 Å². The highest BCUT2D eigenvalue weighted by Gasteiger charge is 2.51. The van der Waals surface area contributed by atoms with E-state index in [0.717, 1.165) is 65.1 Å². The third-order valence-electron chi connectivity index (χ3n) is 13.0. The van der Waals surface area contributed by atoms with Crippen molar-refractivity contribution in [2.45, 2.75) is 24.3 Å². The number of aromatic nitrogens is 1. The number of hydrogen-bond donors (Lipinski definition) is 0. The Morgan fingerprint density at radius 1 is 0.483 bits per heavy atom. The molecule has 8 aromatic carbocycles. The zero-order valence-corrected chi connectivity index (χ0v) is 31.9. The first-order valence-electron chi connectivity index (χ1n) is 20.4. The highest BCUT2D eigenvalue weighted by molar-refractivity contribution is 6.12. The van der Waals surface area contributed by atoms with E-state index < -0.39 is 5.41 Å². The molecule has 0 saturated carbocycles. The summed E-state index contributed by atoms with van der Waals surface area (Å²) in [6.45, 7) is 0.887. The Bertz CT molecular complexity index is 3030. The number of anilines is 4. The van der Waals surface area contributed by atoms with Gasteiger partial charge in [0, 0.05) is 45.8 Å². The Morgan fingerprint density at radius 2 is 1.02 bits per heavy atom. The summed E-state index contributed by atoms with van der Waals surface area (Å²) in [5, 5.41) is 2.34. The minimum absolute atomic E-state index is 0.0860. The van der Waals surface area contributed by atoms with Gasteiger partial charge in [-0.2, -0.15) is 0 Å². The third kappa shape index (κ3) is 4.54. The quantitative estimate of drug-likeness (QED) is 0.159. The average Bonchev–Trinajstić information content (AvgIpc) is 4.05. The minimum atomic E-state index is -0.435. The van der Waals surface area contributed by atoms with Crippen LogP contribution in [0.5, 0.6) is 0 Å². The molecule has 276 valence electrons. The maximum Gasteiger partial charge on any atom is 0.142 e. The second-order valence-electron chi connectivity index (χ2n) is 15.9. The smallest absolute Gasteiger partial charge is 0.142 e. The van der Waals surface area contributed by atoms with Crippen molar-refractivity contribution in [3.05, 3.63) is 210 Å². The number of carbonyl (C=O) groups excluding carboxylic acids is 1. The normalized spacial score (nSPS) is 15.7. The second kappa shape index (κ2) is 12.7. The van der Waals surface area contributed by atoms with Crippen molar-refractivity contribution >= 4 is 50.8 Å². The SMILES string of the molecule is O=C[C@@H]1CCCN1c1ccc2c(c1)c1cc(N(c3ccccc3)c3ccc4c(c3)C3(c5ccccc5-c5ccccc53)c3ccccc3-4)ccc1n2-c1ccccc1. The summed E-state index contributed by atoms with van der Waals surface area (Å²) in [6.07, 6.45) is 3.03. The maximum absolute atomic E-state index is 12.1. The van der Waals surface area contributed by atoms with E-state index in [1.54, 1.807) is 0 Å². The van der Waals surface area contributed by atoms with Gasteiger partial charge in [0.2, 0.25) is 0 Å². The zero-order chi connectivity index (χ0) is 38.4. The highest BCUT2D eigenvalue weighted by Crippen LogP contribution is 2.63. The van der Waals surface area contributed by atoms with E-state index in [9.17, 15) is 4.79 Å². The van der Waals surface area contributed by atoms with E-state index in [0.29, 0.717) is 0 Å². The van der Waals surface area contributed by atoms with Crippen molar-refractivity contribution in [2.75, 3.05) is 16.3 Å². The van der Waals surface area contributed by atoms with Crippen LogP contribution in [0.2, 0.25) is 0 Å². The lowest BCUT2D eigenvalue weighted by Gasteiger charge is -2.32. The molecule has 2 heterocycles. The Kier molecular flexibility index (Phi) is 7.21. The topological polar surface area (TPSA) is 28.5 Å². The molecule has 4 heteroatoms. The summed E-state index contributed by atoms with van der Waals surface area (Å²) in [7, 11) is 0.